The van der Waals surface area contributed by atoms with Gasteiger partial charge in [0.15, 0.2) is 5.78 Å². The number of ketones is 1. The van der Waals surface area contributed by atoms with Crippen LogP contribution in [0.1, 0.15) is 25.7 Å². The Kier molecular flexibility index (Phi) is 1.89. The van der Waals surface area contributed by atoms with E-state index >= 15 is 0 Å². The lowest BCUT2D eigenvalue weighted by Crippen LogP contribution is -2.11. The highest BCUT2D eigenvalue weighted by molar-refractivity contribution is 5.97. The summed E-state index contributed by atoms with van der Waals surface area (Å²) in [6.45, 7) is 0.0142. The number of Topliss-reactive ketones (excluding diaryl/α,β-unsaturated/α-hetero) is 1. The van der Waals surface area contributed by atoms with Gasteiger partial charge in [0.25, 0.3) is 0 Å². The predicted octanol–water partition coefficient (Wildman–Crippen LogP) is 0.775. The average Bonchev–Trinajstić information content (AvgIpc) is 2.49. The topological polar surface area (TPSA) is 46.5 Å². The fraction of sp³-hybridized carbons (Fsp3) is 0.667. The zero-order valence-corrected chi connectivity index (χ0v) is 6.88. The molecule has 1 aliphatic heterocycles. The van der Waals surface area contributed by atoms with Gasteiger partial charge in [-0.2, -0.15) is 0 Å². The lowest BCUT2D eigenvalue weighted by molar-refractivity contribution is -0.116. The van der Waals surface area contributed by atoms with E-state index < -0.39 is 0 Å². The van der Waals surface area contributed by atoms with Crippen molar-refractivity contribution in [3.8, 4) is 0 Å². The number of rotatable bonds is 1. The summed E-state index contributed by atoms with van der Waals surface area (Å²) in [4.78, 5) is 11.3. The van der Waals surface area contributed by atoms with Gasteiger partial charge in [-0.25, -0.2) is 0 Å². The van der Waals surface area contributed by atoms with Crippen LogP contribution in [-0.2, 0) is 9.53 Å². The number of carbonyl (C=O) groups is 1. The Labute approximate surface area is 71.0 Å². The minimum atomic E-state index is -0.156. The van der Waals surface area contributed by atoms with Crippen LogP contribution < -0.4 is 0 Å². The second-order valence-corrected chi connectivity index (χ2v) is 3.31. The van der Waals surface area contributed by atoms with E-state index in [1.165, 1.54) is 0 Å². The number of hydrogen-bond acceptors (Lipinski definition) is 3. The molecule has 2 rings (SSSR count). The Balaban J connectivity index is 2.16. The molecular weight excluding hydrogens is 156 g/mol. The summed E-state index contributed by atoms with van der Waals surface area (Å²) in [5.41, 5.74) is 0.834. The molecule has 0 aromatic heterocycles. The van der Waals surface area contributed by atoms with Crippen molar-refractivity contribution in [3.63, 3.8) is 0 Å². The highest BCUT2D eigenvalue weighted by Crippen LogP contribution is 2.33. The molecule has 2 aliphatic rings. The zero-order valence-electron chi connectivity index (χ0n) is 6.88. The normalized spacial score (nSPS) is 28.8. The van der Waals surface area contributed by atoms with Crippen LogP contribution in [0.25, 0.3) is 0 Å². The second-order valence-electron chi connectivity index (χ2n) is 3.31. The molecule has 0 fully saturated rings. The molecule has 0 saturated heterocycles. The van der Waals surface area contributed by atoms with E-state index in [1.807, 2.05) is 0 Å². The molecule has 66 valence electrons. The summed E-state index contributed by atoms with van der Waals surface area (Å²) in [5, 5.41) is 8.84. The molecule has 3 nitrogen and oxygen atoms in total. The maximum Gasteiger partial charge on any atom is 0.162 e. The standard InChI is InChI=1S/C9H12O3/c10-5-6-4-7-8(11)2-1-3-9(7)12-6/h6,10H,1-5H2/t6-/m0/s1. The van der Waals surface area contributed by atoms with Crippen molar-refractivity contribution in [2.24, 2.45) is 0 Å². The van der Waals surface area contributed by atoms with Crippen molar-refractivity contribution in [1.29, 1.82) is 0 Å². The molecule has 1 atom stereocenters. The molecule has 0 saturated carbocycles. The minimum absolute atomic E-state index is 0.0142. The number of aliphatic hydroxyl groups is 1. The molecular formula is C9H12O3. The zero-order chi connectivity index (χ0) is 8.55. The smallest absolute Gasteiger partial charge is 0.162 e. The van der Waals surface area contributed by atoms with Crippen molar-refractivity contribution < 1.29 is 14.6 Å². The first-order valence-corrected chi connectivity index (χ1v) is 4.34. The second kappa shape index (κ2) is 2.90. The van der Waals surface area contributed by atoms with Gasteiger partial charge in [0.05, 0.1) is 6.61 Å². The Morgan fingerprint density at radius 1 is 1.50 bits per heavy atom. The summed E-state index contributed by atoms with van der Waals surface area (Å²) in [6.07, 6.45) is 2.88. The van der Waals surface area contributed by atoms with Gasteiger partial charge >= 0.3 is 0 Å². The largest absolute Gasteiger partial charge is 0.492 e. The Morgan fingerprint density at radius 2 is 2.33 bits per heavy atom. The van der Waals surface area contributed by atoms with Crippen LogP contribution >= 0.6 is 0 Å². The lowest BCUT2D eigenvalue weighted by Gasteiger charge is -2.11. The molecule has 0 amide bonds. The molecule has 0 unspecified atom stereocenters. The first kappa shape index (κ1) is 7.80. The van der Waals surface area contributed by atoms with E-state index in [9.17, 15) is 4.79 Å². The molecule has 12 heavy (non-hydrogen) atoms. The van der Waals surface area contributed by atoms with Gasteiger partial charge in [-0.1, -0.05) is 0 Å². The summed E-state index contributed by atoms with van der Waals surface area (Å²) in [6, 6.07) is 0. The monoisotopic (exact) mass is 168 g/mol. The maximum atomic E-state index is 11.3. The van der Waals surface area contributed by atoms with Gasteiger partial charge < -0.3 is 9.84 Å². The Morgan fingerprint density at radius 3 is 3.00 bits per heavy atom. The third-order valence-corrected chi connectivity index (χ3v) is 2.43. The van der Waals surface area contributed by atoms with Crippen LogP contribution in [0.3, 0.4) is 0 Å². The fourth-order valence-corrected chi connectivity index (χ4v) is 1.80. The first-order valence-electron chi connectivity index (χ1n) is 4.34. The van der Waals surface area contributed by atoms with Crippen molar-refractivity contribution in [2.45, 2.75) is 31.8 Å². The SMILES string of the molecule is O=C1CCCC2=C1C[C@@H](CO)O2. The fourth-order valence-electron chi connectivity index (χ4n) is 1.80. The summed E-state index contributed by atoms with van der Waals surface area (Å²) >= 11 is 0. The summed E-state index contributed by atoms with van der Waals surface area (Å²) < 4.78 is 5.39. The summed E-state index contributed by atoms with van der Waals surface area (Å²) in [5.74, 6) is 1.05. The third kappa shape index (κ3) is 1.14. The van der Waals surface area contributed by atoms with Gasteiger partial charge in [0, 0.05) is 24.8 Å². The van der Waals surface area contributed by atoms with E-state index in [4.69, 9.17) is 9.84 Å². The quantitative estimate of drug-likeness (QED) is 0.629. The number of allylic oxidation sites excluding steroid dienone is 1. The molecule has 1 N–H and O–H groups in total. The van der Waals surface area contributed by atoms with Gasteiger partial charge in [-0.05, 0) is 6.42 Å². The van der Waals surface area contributed by atoms with E-state index in [1.54, 1.807) is 0 Å². The van der Waals surface area contributed by atoms with Gasteiger partial charge in [-0.15, -0.1) is 0 Å². The maximum absolute atomic E-state index is 11.3. The number of carbonyl (C=O) groups excluding carboxylic acids is 1. The number of aliphatic hydroxyl groups excluding tert-OH is 1. The van der Waals surface area contributed by atoms with E-state index in [0.717, 1.165) is 24.2 Å². The molecule has 1 aliphatic carbocycles. The van der Waals surface area contributed by atoms with Gasteiger partial charge in [0.1, 0.15) is 11.9 Å². The van der Waals surface area contributed by atoms with Gasteiger partial charge in [-0.3, -0.25) is 4.79 Å². The Bertz CT molecular complexity index is 242. The van der Waals surface area contributed by atoms with Crippen LogP contribution in [0, 0.1) is 0 Å². The van der Waals surface area contributed by atoms with Crippen LogP contribution in [0.4, 0.5) is 0 Å². The first-order chi connectivity index (χ1) is 5.81. The molecule has 0 aromatic carbocycles. The van der Waals surface area contributed by atoms with Gasteiger partial charge in [0.2, 0.25) is 0 Å². The van der Waals surface area contributed by atoms with Crippen molar-refractivity contribution >= 4 is 5.78 Å². The van der Waals surface area contributed by atoms with Crippen molar-refractivity contribution in [3.05, 3.63) is 11.3 Å². The van der Waals surface area contributed by atoms with Crippen LogP contribution in [-0.4, -0.2) is 23.6 Å². The highest BCUT2D eigenvalue weighted by Gasteiger charge is 2.31. The molecule has 1 heterocycles. The van der Waals surface area contributed by atoms with Crippen LogP contribution in [0.2, 0.25) is 0 Å². The number of ether oxygens (including phenoxy) is 1. The van der Waals surface area contributed by atoms with Crippen molar-refractivity contribution in [2.75, 3.05) is 6.61 Å². The van der Waals surface area contributed by atoms with E-state index in [0.29, 0.717) is 12.8 Å². The van der Waals surface area contributed by atoms with E-state index in [2.05, 4.69) is 0 Å². The molecule has 0 radical (unpaired) electrons. The minimum Gasteiger partial charge on any atom is -0.492 e. The molecule has 0 spiro atoms. The Hall–Kier alpha value is -0.830. The average molecular weight is 168 g/mol. The molecule has 0 aromatic rings. The van der Waals surface area contributed by atoms with E-state index in [-0.39, 0.29) is 18.5 Å². The number of hydrogen-bond donors (Lipinski definition) is 1. The molecule has 0 bridgehead atoms. The summed E-state index contributed by atoms with van der Waals surface area (Å²) in [7, 11) is 0. The molecule has 3 heteroatoms. The predicted molar refractivity (Wildman–Crippen MR) is 42.5 cm³/mol. The third-order valence-electron chi connectivity index (χ3n) is 2.43. The highest BCUT2D eigenvalue weighted by atomic mass is 16.5. The van der Waals surface area contributed by atoms with Crippen molar-refractivity contribution in [1.82, 2.24) is 0 Å². The lowest BCUT2D eigenvalue weighted by atomic mass is 9.95. The van der Waals surface area contributed by atoms with Crippen LogP contribution in [0.5, 0.6) is 0 Å². The van der Waals surface area contributed by atoms with Crippen LogP contribution in [0.15, 0.2) is 11.3 Å².